The molecule has 0 bridgehead atoms. The molecule has 0 aromatic heterocycles. The Morgan fingerprint density at radius 3 is 2.20 bits per heavy atom. The molecule has 20 heavy (non-hydrogen) atoms. The number of hydrogen-bond donors (Lipinski definition) is 2. The first-order valence-electron chi connectivity index (χ1n) is 6.30. The van der Waals surface area contributed by atoms with Gasteiger partial charge in [-0.3, -0.25) is 9.59 Å². The van der Waals surface area contributed by atoms with E-state index < -0.39 is 0 Å². The van der Waals surface area contributed by atoms with Gasteiger partial charge in [-0.05, 0) is 43.3 Å². The minimum absolute atomic E-state index is 0.151. The Morgan fingerprint density at radius 1 is 0.900 bits per heavy atom. The lowest BCUT2D eigenvalue weighted by molar-refractivity contribution is 0.0962. The number of amides is 2. The zero-order chi connectivity index (χ0) is 14.5. The van der Waals surface area contributed by atoms with Crippen molar-refractivity contribution in [3.8, 4) is 0 Å². The summed E-state index contributed by atoms with van der Waals surface area (Å²) in [4.78, 5) is 23.5. The summed E-state index contributed by atoms with van der Waals surface area (Å²) < 4.78 is 0. The van der Waals surface area contributed by atoms with Gasteiger partial charge in [0.2, 0.25) is 0 Å². The van der Waals surface area contributed by atoms with Crippen molar-refractivity contribution in [3.05, 3.63) is 65.2 Å². The molecule has 0 aliphatic rings. The van der Waals surface area contributed by atoms with Crippen LogP contribution in [0.2, 0.25) is 0 Å². The van der Waals surface area contributed by atoms with Crippen LogP contribution in [0.1, 0.15) is 26.3 Å². The Bertz CT molecular complexity index is 633. The van der Waals surface area contributed by atoms with Crippen LogP contribution in [0.25, 0.3) is 0 Å². The summed E-state index contributed by atoms with van der Waals surface area (Å²) in [5, 5.41) is 5.35. The molecule has 2 amide bonds. The van der Waals surface area contributed by atoms with Crippen LogP contribution in [0, 0.1) is 6.92 Å². The van der Waals surface area contributed by atoms with E-state index in [4.69, 9.17) is 0 Å². The molecular formula is C16H16N2O2. The molecule has 0 aliphatic carbocycles. The maximum Gasteiger partial charge on any atom is 0.255 e. The molecule has 2 N–H and O–H groups in total. The number of benzene rings is 2. The highest BCUT2D eigenvalue weighted by molar-refractivity contribution is 6.04. The van der Waals surface area contributed by atoms with Gasteiger partial charge in [0.1, 0.15) is 0 Å². The molecule has 2 aromatic carbocycles. The first kappa shape index (κ1) is 13.8. The second kappa shape index (κ2) is 6.02. The largest absolute Gasteiger partial charge is 0.355 e. The van der Waals surface area contributed by atoms with Gasteiger partial charge in [0.15, 0.2) is 0 Å². The van der Waals surface area contributed by atoms with Gasteiger partial charge in [-0.15, -0.1) is 0 Å². The first-order valence-corrected chi connectivity index (χ1v) is 6.30. The third-order valence-corrected chi connectivity index (χ3v) is 2.91. The predicted molar refractivity (Wildman–Crippen MR) is 79.0 cm³/mol. The molecule has 102 valence electrons. The molecule has 0 fully saturated rings. The summed E-state index contributed by atoms with van der Waals surface area (Å²) in [7, 11) is 1.58. The molecule has 2 aromatic rings. The molecule has 4 heteroatoms. The number of hydrogen-bond acceptors (Lipinski definition) is 2. The molecular weight excluding hydrogens is 252 g/mol. The summed E-state index contributed by atoms with van der Waals surface area (Å²) in [5.41, 5.74) is 2.86. The van der Waals surface area contributed by atoms with Gasteiger partial charge in [-0.25, -0.2) is 0 Å². The summed E-state index contributed by atoms with van der Waals surface area (Å²) in [6.07, 6.45) is 0. The topological polar surface area (TPSA) is 58.2 Å². The van der Waals surface area contributed by atoms with Gasteiger partial charge in [0.05, 0.1) is 0 Å². The van der Waals surface area contributed by atoms with Crippen LogP contribution in [0.4, 0.5) is 5.69 Å². The fourth-order valence-corrected chi connectivity index (χ4v) is 1.84. The van der Waals surface area contributed by atoms with Crippen molar-refractivity contribution in [3.63, 3.8) is 0 Å². The maximum absolute atomic E-state index is 12.1. The number of anilines is 1. The van der Waals surface area contributed by atoms with Gasteiger partial charge >= 0.3 is 0 Å². The lowest BCUT2D eigenvalue weighted by atomic mass is 10.1. The van der Waals surface area contributed by atoms with Crippen molar-refractivity contribution >= 4 is 17.5 Å². The van der Waals surface area contributed by atoms with Crippen molar-refractivity contribution in [2.24, 2.45) is 0 Å². The Labute approximate surface area is 117 Å². The van der Waals surface area contributed by atoms with Crippen LogP contribution in [0.5, 0.6) is 0 Å². The zero-order valence-electron chi connectivity index (χ0n) is 11.4. The predicted octanol–water partition coefficient (Wildman–Crippen LogP) is 2.61. The fraction of sp³-hybridized carbons (Fsp3) is 0.125. The first-order chi connectivity index (χ1) is 9.60. The van der Waals surface area contributed by atoms with Crippen molar-refractivity contribution in [2.75, 3.05) is 12.4 Å². The number of carbonyl (C=O) groups is 2. The SMILES string of the molecule is CNC(=O)c1ccc(NC(=O)c2cccc(C)c2)cc1. The van der Waals surface area contributed by atoms with Crippen LogP contribution in [0.15, 0.2) is 48.5 Å². The molecule has 0 aliphatic heterocycles. The van der Waals surface area contributed by atoms with Gasteiger partial charge in [0, 0.05) is 23.9 Å². The standard InChI is InChI=1S/C16H16N2O2/c1-11-4-3-5-13(10-11)16(20)18-14-8-6-12(7-9-14)15(19)17-2/h3-10H,1-2H3,(H,17,19)(H,18,20). The van der Waals surface area contributed by atoms with E-state index in [1.165, 1.54) is 0 Å². The van der Waals surface area contributed by atoms with E-state index in [1.807, 2.05) is 25.1 Å². The smallest absolute Gasteiger partial charge is 0.255 e. The van der Waals surface area contributed by atoms with E-state index in [0.717, 1.165) is 5.56 Å². The second-order valence-corrected chi connectivity index (χ2v) is 4.48. The van der Waals surface area contributed by atoms with E-state index in [9.17, 15) is 9.59 Å². The van der Waals surface area contributed by atoms with Gasteiger partial charge < -0.3 is 10.6 Å². The van der Waals surface area contributed by atoms with Crippen LogP contribution in [0.3, 0.4) is 0 Å². The van der Waals surface area contributed by atoms with Crippen LogP contribution < -0.4 is 10.6 Å². The Balaban J connectivity index is 2.10. The highest BCUT2D eigenvalue weighted by Gasteiger charge is 2.07. The average Bonchev–Trinajstić information content (AvgIpc) is 2.47. The third-order valence-electron chi connectivity index (χ3n) is 2.91. The monoisotopic (exact) mass is 268 g/mol. The Morgan fingerprint density at radius 2 is 1.60 bits per heavy atom. The number of rotatable bonds is 3. The number of aryl methyl sites for hydroxylation is 1. The highest BCUT2D eigenvalue weighted by Crippen LogP contribution is 2.12. The number of carbonyl (C=O) groups excluding carboxylic acids is 2. The summed E-state index contributed by atoms with van der Waals surface area (Å²) in [6, 6.07) is 14.1. The quantitative estimate of drug-likeness (QED) is 0.899. The fourth-order valence-electron chi connectivity index (χ4n) is 1.84. The highest BCUT2D eigenvalue weighted by atomic mass is 16.2. The van der Waals surface area contributed by atoms with Crippen molar-refractivity contribution in [2.45, 2.75) is 6.92 Å². The molecule has 0 spiro atoms. The molecule has 0 heterocycles. The second-order valence-electron chi connectivity index (χ2n) is 4.48. The number of nitrogens with one attached hydrogen (secondary N) is 2. The van der Waals surface area contributed by atoms with Crippen molar-refractivity contribution in [1.82, 2.24) is 5.32 Å². The lowest BCUT2D eigenvalue weighted by Crippen LogP contribution is -2.17. The minimum Gasteiger partial charge on any atom is -0.355 e. The molecule has 0 atom stereocenters. The minimum atomic E-state index is -0.165. The normalized spacial score (nSPS) is 9.90. The summed E-state index contributed by atoms with van der Waals surface area (Å²) in [5.74, 6) is -0.317. The van der Waals surface area contributed by atoms with E-state index in [-0.39, 0.29) is 11.8 Å². The molecule has 4 nitrogen and oxygen atoms in total. The zero-order valence-corrected chi connectivity index (χ0v) is 11.4. The molecule has 0 saturated heterocycles. The van der Waals surface area contributed by atoms with Crippen LogP contribution >= 0.6 is 0 Å². The average molecular weight is 268 g/mol. The van der Waals surface area contributed by atoms with Gasteiger partial charge in [0.25, 0.3) is 11.8 Å². The van der Waals surface area contributed by atoms with Crippen LogP contribution in [-0.2, 0) is 0 Å². The molecule has 0 saturated carbocycles. The van der Waals surface area contributed by atoms with Crippen LogP contribution in [-0.4, -0.2) is 18.9 Å². The van der Waals surface area contributed by atoms with E-state index in [1.54, 1.807) is 37.4 Å². The van der Waals surface area contributed by atoms with E-state index in [0.29, 0.717) is 16.8 Å². The Hall–Kier alpha value is -2.62. The molecule has 0 unspecified atom stereocenters. The van der Waals surface area contributed by atoms with Crippen molar-refractivity contribution in [1.29, 1.82) is 0 Å². The molecule has 0 radical (unpaired) electrons. The van der Waals surface area contributed by atoms with E-state index in [2.05, 4.69) is 10.6 Å². The summed E-state index contributed by atoms with van der Waals surface area (Å²) in [6.45, 7) is 1.94. The maximum atomic E-state index is 12.1. The van der Waals surface area contributed by atoms with Crippen molar-refractivity contribution < 1.29 is 9.59 Å². The summed E-state index contributed by atoms with van der Waals surface area (Å²) >= 11 is 0. The Kier molecular flexibility index (Phi) is 4.15. The third kappa shape index (κ3) is 3.23. The van der Waals surface area contributed by atoms with E-state index >= 15 is 0 Å². The van der Waals surface area contributed by atoms with Gasteiger partial charge in [-0.2, -0.15) is 0 Å². The molecule has 2 rings (SSSR count). The lowest BCUT2D eigenvalue weighted by Gasteiger charge is -2.07. The van der Waals surface area contributed by atoms with Gasteiger partial charge in [-0.1, -0.05) is 17.7 Å².